The molecule has 0 radical (unpaired) electrons. The number of nitrogens with zero attached hydrogens (tertiary/aromatic N) is 1. The van der Waals surface area contributed by atoms with Crippen LogP contribution in [0.5, 0.6) is 0 Å². The van der Waals surface area contributed by atoms with Gasteiger partial charge in [0.15, 0.2) is 0 Å². The topological polar surface area (TPSA) is 38.9 Å². The van der Waals surface area contributed by atoms with Gasteiger partial charge >= 0.3 is 0 Å². The Bertz CT molecular complexity index is 495. The minimum atomic E-state index is 0.262. The maximum Gasteiger partial charge on any atom is 0.0270 e. The molecule has 1 aliphatic rings. The van der Waals surface area contributed by atoms with E-state index >= 15 is 0 Å². The molecule has 1 aromatic heterocycles. The number of aromatic nitrogens is 1. The summed E-state index contributed by atoms with van der Waals surface area (Å²) in [4.78, 5) is 4.03. The molecule has 0 spiro atoms. The number of pyridine rings is 1. The highest BCUT2D eigenvalue weighted by molar-refractivity contribution is 5.27. The highest BCUT2D eigenvalue weighted by atomic mass is 14.7. The van der Waals surface area contributed by atoms with Gasteiger partial charge in [0.25, 0.3) is 0 Å². The van der Waals surface area contributed by atoms with E-state index in [1.54, 1.807) is 0 Å². The summed E-state index contributed by atoms with van der Waals surface area (Å²) >= 11 is 0. The lowest BCUT2D eigenvalue weighted by molar-refractivity contribution is 0.577. The summed E-state index contributed by atoms with van der Waals surface area (Å²) in [5, 5.41) is 0. The highest BCUT2D eigenvalue weighted by Gasteiger charge is 2.42. The Labute approximate surface area is 108 Å². The van der Waals surface area contributed by atoms with E-state index < -0.39 is 0 Å². The molecule has 3 atom stereocenters. The number of nitrogens with two attached hydrogens (primary N) is 1. The minimum Gasteiger partial charge on any atom is -0.327 e. The Morgan fingerprint density at radius 2 is 1.83 bits per heavy atom. The van der Waals surface area contributed by atoms with Gasteiger partial charge in [-0.2, -0.15) is 0 Å². The van der Waals surface area contributed by atoms with Gasteiger partial charge in [-0.3, -0.25) is 4.98 Å². The first kappa shape index (κ1) is 11.4. The van der Waals surface area contributed by atoms with E-state index in [9.17, 15) is 0 Å². The molecule has 92 valence electrons. The van der Waals surface area contributed by atoms with Gasteiger partial charge in [0.1, 0.15) is 0 Å². The Morgan fingerprint density at radius 3 is 2.56 bits per heavy atom. The zero-order valence-electron chi connectivity index (χ0n) is 10.4. The van der Waals surface area contributed by atoms with Gasteiger partial charge in [-0.25, -0.2) is 0 Å². The van der Waals surface area contributed by atoms with Crippen LogP contribution < -0.4 is 5.73 Å². The van der Waals surface area contributed by atoms with Crippen molar-refractivity contribution in [2.24, 2.45) is 11.7 Å². The first-order chi connectivity index (χ1) is 8.84. The minimum absolute atomic E-state index is 0.262. The molecule has 1 fully saturated rings. The second-order valence-electron chi connectivity index (χ2n) is 5.14. The van der Waals surface area contributed by atoms with Crippen molar-refractivity contribution in [2.45, 2.75) is 24.8 Å². The molecular formula is C16H18N2. The van der Waals surface area contributed by atoms with Gasteiger partial charge < -0.3 is 5.73 Å². The molecule has 2 aromatic rings. The van der Waals surface area contributed by atoms with Gasteiger partial charge in [-0.1, -0.05) is 30.3 Å². The fourth-order valence-corrected chi connectivity index (χ4v) is 2.71. The zero-order chi connectivity index (χ0) is 12.4. The molecular weight excluding hydrogens is 220 g/mol. The predicted octanol–water partition coefficient (Wildman–Crippen LogP) is 2.76. The molecule has 2 nitrogen and oxygen atoms in total. The van der Waals surface area contributed by atoms with Crippen molar-refractivity contribution >= 4 is 0 Å². The molecule has 3 rings (SSSR count). The molecule has 3 unspecified atom stereocenters. The molecule has 1 aromatic carbocycles. The SMILES string of the molecule is NC(Cc1ccncc1)C1CC1c1ccccc1. The summed E-state index contributed by atoms with van der Waals surface area (Å²) in [5.41, 5.74) is 9.04. The molecule has 1 heterocycles. The van der Waals surface area contributed by atoms with E-state index in [1.165, 1.54) is 17.5 Å². The summed E-state index contributed by atoms with van der Waals surface area (Å²) in [6.45, 7) is 0. The normalized spacial score (nSPS) is 23.6. The van der Waals surface area contributed by atoms with Gasteiger partial charge in [0.05, 0.1) is 0 Å². The molecule has 0 bridgehead atoms. The number of benzene rings is 1. The summed E-state index contributed by atoms with van der Waals surface area (Å²) < 4.78 is 0. The lowest BCUT2D eigenvalue weighted by atomic mass is 10.0. The molecule has 18 heavy (non-hydrogen) atoms. The van der Waals surface area contributed by atoms with Crippen molar-refractivity contribution in [1.29, 1.82) is 0 Å². The molecule has 2 N–H and O–H groups in total. The first-order valence-electron chi connectivity index (χ1n) is 6.54. The third-order valence-corrected chi connectivity index (χ3v) is 3.84. The van der Waals surface area contributed by atoms with Crippen LogP contribution in [-0.2, 0) is 6.42 Å². The van der Waals surface area contributed by atoms with Crippen LogP contribution in [0.2, 0.25) is 0 Å². The van der Waals surface area contributed by atoms with Gasteiger partial charge in [0, 0.05) is 18.4 Å². The summed E-state index contributed by atoms with van der Waals surface area (Å²) in [7, 11) is 0. The monoisotopic (exact) mass is 238 g/mol. The summed E-state index contributed by atoms with van der Waals surface area (Å²) in [6.07, 6.45) is 5.86. The number of hydrogen-bond donors (Lipinski definition) is 1. The lowest BCUT2D eigenvalue weighted by Crippen LogP contribution is -2.25. The second kappa shape index (κ2) is 4.91. The summed E-state index contributed by atoms with van der Waals surface area (Å²) in [6, 6.07) is 15.1. The third kappa shape index (κ3) is 2.44. The molecule has 2 heteroatoms. The fraction of sp³-hybridized carbons (Fsp3) is 0.312. The van der Waals surface area contributed by atoms with Crippen LogP contribution in [0, 0.1) is 5.92 Å². The van der Waals surface area contributed by atoms with Crippen LogP contribution >= 0.6 is 0 Å². The quantitative estimate of drug-likeness (QED) is 0.889. The van der Waals surface area contributed by atoms with Crippen LogP contribution in [0.4, 0.5) is 0 Å². The highest BCUT2D eigenvalue weighted by Crippen LogP contribution is 2.49. The molecule has 1 saturated carbocycles. The average Bonchev–Trinajstić information content (AvgIpc) is 3.21. The average molecular weight is 238 g/mol. The van der Waals surface area contributed by atoms with Crippen molar-refractivity contribution in [3.05, 3.63) is 66.0 Å². The number of rotatable bonds is 4. The van der Waals surface area contributed by atoms with E-state index in [-0.39, 0.29) is 6.04 Å². The van der Waals surface area contributed by atoms with E-state index in [0.29, 0.717) is 11.8 Å². The largest absolute Gasteiger partial charge is 0.327 e. The smallest absolute Gasteiger partial charge is 0.0270 e. The van der Waals surface area contributed by atoms with Crippen LogP contribution in [-0.4, -0.2) is 11.0 Å². The fourth-order valence-electron chi connectivity index (χ4n) is 2.71. The second-order valence-corrected chi connectivity index (χ2v) is 5.14. The molecule has 0 aliphatic heterocycles. The van der Waals surface area contributed by atoms with Crippen molar-refractivity contribution in [2.75, 3.05) is 0 Å². The Balaban J connectivity index is 1.61. The van der Waals surface area contributed by atoms with E-state index in [2.05, 4.69) is 47.4 Å². The van der Waals surface area contributed by atoms with E-state index in [1.807, 2.05) is 12.4 Å². The van der Waals surface area contributed by atoms with E-state index in [4.69, 9.17) is 5.73 Å². The van der Waals surface area contributed by atoms with Crippen LogP contribution in [0.1, 0.15) is 23.5 Å². The standard InChI is InChI=1S/C16H18N2/c17-16(10-12-6-8-18-9-7-12)15-11-14(15)13-4-2-1-3-5-13/h1-9,14-16H,10-11,17H2. The Hall–Kier alpha value is -1.67. The lowest BCUT2D eigenvalue weighted by Gasteiger charge is -2.11. The first-order valence-corrected chi connectivity index (χ1v) is 6.54. The maximum atomic E-state index is 6.32. The maximum absolute atomic E-state index is 6.32. The van der Waals surface area contributed by atoms with Crippen LogP contribution in [0.15, 0.2) is 54.9 Å². The Kier molecular flexibility index (Phi) is 3.11. The predicted molar refractivity (Wildman–Crippen MR) is 73.2 cm³/mol. The van der Waals surface area contributed by atoms with Crippen LogP contribution in [0.25, 0.3) is 0 Å². The van der Waals surface area contributed by atoms with Crippen molar-refractivity contribution in [1.82, 2.24) is 4.98 Å². The van der Waals surface area contributed by atoms with Crippen molar-refractivity contribution < 1.29 is 0 Å². The molecule has 0 saturated heterocycles. The molecule has 1 aliphatic carbocycles. The van der Waals surface area contributed by atoms with Crippen LogP contribution in [0.3, 0.4) is 0 Å². The van der Waals surface area contributed by atoms with Crippen molar-refractivity contribution in [3.63, 3.8) is 0 Å². The van der Waals surface area contributed by atoms with Gasteiger partial charge in [-0.05, 0) is 47.9 Å². The summed E-state index contributed by atoms with van der Waals surface area (Å²) in [5.74, 6) is 1.31. The van der Waals surface area contributed by atoms with Crippen molar-refractivity contribution in [3.8, 4) is 0 Å². The molecule has 0 amide bonds. The number of hydrogen-bond acceptors (Lipinski definition) is 2. The van der Waals surface area contributed by atoms with Gasteiger partial charge in [-0.15, -0.1) is 0 Å². The van der Waals surface area contributed by atoms with Gasteiger partial charge in [0.2, 0.25) is 0 Å². The third-order valence-electron chi connectivity index (χ3n) is 3.84. The van der Waals surface area contributed by atoms with E-state index in [0.717, 1.165) is 6.42 Å². The zero-order valence-corrected chi connectivity index (χ0v) is 10.4. The Morgan fingerprint density at radius 1 is 1.11 bits per heavy atom.